The molecule has 9 heteroatoms. The molecule has 220 valence electrons. The minimum atomic E-state index is -3.86. The molecule has 0 aromatic heterocycles. The van der Waals surface area contributed by atoms with Gasteiger partial charge in [0.05, 0.1) is 24.2 Å². The van der Waals surface area contributed by atoms with Crippen LogP contribution < -0.4 is 14.4 Å². The predicted octanol–water partition coefficient (Wildman–Crippen LogP) is 5.10. The van der Waals surface area contributed by atoms with Gasteiger partial charge in [0.15, 0.2) is 0 Å². The normalized spacial score (nSPS) is 33.8. The third-order valence-electron chi connectivity index (χ3n) is 9.91. The number of sulfonamides is 1. The van der Waals surface area contributed by atoms with Gasteiger partial charge in [-0.05, 0) is 97.2 Å². The van der Waals surface area contributed by atoms with Gasteiger partial charge in [0, 0.05) is 29.1 Å². The maximum Gasteiger partial charge on any atom is 0.264 e. The van der Waals surface area contributed by atoms with Crippen molar-refractivity contribution in [1.82, 2.24) is 4.72 Å². The number of benzene rings is 2. The Morgan fingerprint density at radius 3 is 2.73 bits per heavy atom. The molecule has 2 N–H and O–H groups in total. The quantitative estimate of drug-likeness (QED) is 0.410. The number of nitrogens with one attached hydrogen (secondary N) is 1. The van der Waals surface area contributed by atoms with Crippen molar-refractivity contribution in [2.24, 2.45) is 23.7 Å². The summed E-state index contributed by atoms with van der Waals surface area (Å²) in [4.78, 5) is 15.6. The lowest BCUT2D eigenvalue weighted by molar-refractivity contribution is 0.0454. The standard InChI is InChI=1S/C32H39ClN2O5S/c1-20-5-11-29(36)26-9-6-24(26)16-35-18-32(13-3-4-22-14-25(33)8-10-27(22)32)19-40-30-12-7-23(15-28(30)35)31(37)34-41(38,39)17-21(20)2/h5,7-8,10-12,14-15,20-21,24,26,29,36H,3-4,6,9,13,16-19H2,1-2H3,(H,34,37)/b11-5+/t20-,21+,24+,26-,29-,32+/m1/s1. The van der Waals surface area contributed by atoms with Crippen molar-refractivity contribution in [2.75, 3.05) is 30.3 Å². The van der Waals surface area contributed by atoms with Gasteiger partial charge in [-0.3, -0.25) is 4.79 Å². The highest BCUT2D eigenvalue weighted by Gasteiger charge is 2.44. The third kappa shape index (κ3) is 5.63. The van der Waals surface area contributed by atoms with Crippen LogP contribution in [0, 0.1) is 23.7 Å². The topological polar surface area (TPSA) is 95.9 Å². The first-order valence-electron chi connectivity index (χ1n) is 14.8. The van der Waals surface area contributed by atoms with Gasteiger partial charge in [-0.15, -0.1) is 0 Å². The summed E-state index contributed by atoms with van der Waals surface area (Å²) in [5.41, 5.74) is 3.33. The molecular weight excluding hydrogens is 560 g/mol. The fraction of sp³-hybridized carbons (Fsp3) is 0.531. The Hall–Kier alpha value is -2.55. The Labute approximate surface area is 248 Å². The zero-order valence-corrected chi connectivity index (χ0v) is 25.3. The highest BCUT2D eigenvalue weighted by atomic mass is 35.5. The van der Waals surface area contributed by atoms with E-state index in [1.54, 1.807) is 18.2 Å². The highest BCUT2D eigenvalue weighted by Crippen LogP contribution is 2.46. The molecule has 0 radical (unpaired) electrons. The number of aliphatic hydroxyl groups excluding tert-OH is 1. The second-order valence-electron chi connectivity index (χ2n) is 12.7. The lowest BCUT2D eigenvalue weighted by Gasteiger charge is -2.45. The van der Waals surface area contributed by atoms with Crippen LogP contribution in [-0.4, -0.2) is 51.0 Å². The number of aryl methyl sites for hydroxylation is 1. The summed E-state index contributed by atoms with van der Waals surface area (Å²) in [7, 11) is -3.86. The fourth-order valence-electron chi connectivity index (χ4n) is 7.17. The van der Waals surface area contributed by atoms with Crippen LogP contribution in [0.4, 0.5) is 5.69 Å². The first-order chi connectivity index (χ1) is 19.5. The minimum Gasteiger partial charge on any atom is -0.490 e. The molecule has 7 nitrogen and oxygen atoms in total. The largest absolute Gasteiger partial charge is 0.490 e. The molecule has 6 rings (SSSR count). The highest BCUT2D eigenvalue weighted by molar-refractivity contribution is 7.90. The van der Waals surface area contributed by atoms with Crippen LogP contribution in [0.15, 0.2) is 48.6 Å². The van der Waals surface area contributed by atoms with Crippen molar-refractivity contribution in [3.8, 4) is 5.75 Å². The molecule has 0 saturated heterocycles. The van der Waals surface area contributed by atoms with Crippen LogP contribution in [0.5, 0.6) is 5.75 Å². The Morgan fingerprint density at radius 1 is 1.12 bits per heavy atom. The number of carbonyl (C=O) groups excluding carboxylic acids is 1. The van der Waals surface area contributed by atoms with Crippen molar-refractivity contribution in [3.63, 3.8) is 0 Å². The van der Waals surface area contributed by atoms with E-state index in [1.165, 1.54) is 11.1 Å². The smallest absolute Gasteiger partial charge is 0.264 e. The number of fused-ring (bicyclic) bond motifs is 4. The lowest BCUT2D eigenvalue weighted by Crippen LogP contribution is -2.49. The van der Waals surface area contributed by atoms with Gasteiger partial charge in [-0.25, -0.2) is 13.1 Å². The second kappa shape index (κ2) is 10.9. The Balaban J connectivity index is 1.42. The summed E-state index contributed by atoms with van der Waals surface area (Å²) in [5, 5.41) is 11.9. The summed E-state index contributed by atoms with van der Waals surface area (Å²) in [5.74, 6) is -0.0304. The van der Waals surface area contributed by atoms with Crippen LogP contribution >= 0.6 is 11.6 Å². The fourth-order valence-corrected chi connectivity index (χ4v) is 8.84. The van der Waals surface area contributed by atoms with Gasteiger partial charge >= 0.3 is 0 Å². The Bertz CT molecular complexity index is 1480. The zero-order chi connectivity index (χ0) is 28.9. The maximum atomic E-state index is 13.2. The second-order valence-corrected chi connectivity index (χ2v) is 14.9. The number of anilines is 1. The van der Waals surface area contributed by atoms with Crippen molar-refractivity contribution < 1.29 is 23.1 Å². The van der Waals surface area contributed by atoms with Gasteiger partial charge in [0.25, 0.3) is 5.91 Å². The Morgan fingerprint density at radius 2 is 1.95 bits per heavy atom. The van der Waals surface area contributed by atoms with Crippen LogP contribution in [-0.2, 0) is 21.9 Å². The predicted molar refractivity (Wildman–Crippen MR) is 161 cm³/mol. The van der Waals surface area contributed by atoms with Crippen molar-refractivity contribution in [2.45, 2.75) is 57.5 Å². The van der Waals surface area contributed by atoms with Crippen LogP contribution in [0.1, 0.15) is 61.0 Å². The van der Waals surface area contributed by atoms with E-state index in [1.807, 2.05) is 32.1 Å². The van der Waals surface area contributed by atoms with E-state index < -0.39 is 22.0 Å². The number of carbonyl (C=O) groups is 1. The summed E-state index contributed by atoms with van der Waals surface area (Å²) in [6.45, 7) is 5.71. The molecule has 2 aromatic carbocycles. The molecule has 1 fully saturated rings. The maximum absolute atomic E-state index is 13.2. The van der Waals surface area contributed by atoms with E-state index in [2.05, 4.69) is 21.8 Å². The molecule has 4 aliphatic rings. The molecular formula is C32H39ClN2O5S. The number of hydrogen-bond acceptors (Lipinski definition) is 6. The molecule has 1 spiro atoms. The summed E-state index contributed by atoms with van der Waals surface area (Å²) in [6, 6.07) is 11.4. The van der Waals surface area contributed by atoms with Gasteiger partial charge in [-0.2, -0.15) is 0 Å². The number of nitrogens with zero attached hydrogens (tertiary/aromatic N) is 1. The number of hydrogen-bond donors (Lipinski definition) is 2. The van der Waals surface area contributed by atoms with Gasteiger partial charge in [-0.1, -0.05) is 43.7 Å². The monoisotopic (exact) mass is 598 g/mol. The molecule has 0 unspecified atom stereocenters. The number of ether oxygens (including phenoxy) is 1. The van der Waals surface area contributed by atoms with E-state index >= 15 is 0 Å². The van der Waals surface area contributed by atoms with E-state index in [0.717, 1.165) is 42.8 Å². The van der Waals surface area contributed by atoms with Crippen molar-refractivity contribution in [3.05, 3.63) is 70.3 Å². The van der Waals surface area contributed by atoms with Crippen LogP contribution in [0.2, 0.25) is 5.02 Å². The number of aliphatic hydroxyl groups is 1. The average Bonchev–Trinajstić information content (AvgIpc) is 3.05. The molecule has 2 heterocycles. The SMILES string of the molecule is C[C@@H]1/C=C/[C@@H](O)[C@@H]2CC[C@H]2CN2C[C@@]3(CCCc4cc(Cl)ccc43)COc3ccc(cc32)C(=O)NS(=O)(=O)C[C@@H]1C. The third-order valence-corrected chi connectivity index (χ3v) is 11.6. The number of allylic oxidation sites excluding steroid dienone is 1. The van der Waals surface area contributed by atoms with E-state index in [-0.39, 0.29) is 40.4 Å². The number of halogens is 1. The first-order valence-corrected chi connectivity index (χ1v) is 16.8. The van der Waals surface area contributed by atoms with E-state index in [9.17, 15) is 18.3 Å². The summed E-state index contributed by atoms with van der Waals surface area (Å²) < 4.78 is 34.7. The summed E-state index contributed by atoms with van der Waals surface area (Å²) in [6.07, 6.45) is 8.11. The van der Waals surface area contributed by atoms with Crippen molar-refractivity contribution >= 4 is 33.2 Å². The lowest BCUT2D eigenvalue weighted by atomic mass is 9.68. The molecule has 1 saturated carbocycles. The van der Waals surface area contributed by atoms with Gasteiger partial charge in [0.1, 0.15) is 5.75 Å². The molecule has 2 aliphatic carbocycles. The van der Waals surface area contributed by atoms with Crippen LogP contribution in [0.3, 0.4) is 0 Å². The first kappa shape index (κ1) is 28.6. The number of rotatable bonds is 0. The molecule has 2 aromatic rings. The zero-order valence-electron chi connectivity index (χ0n) is 23.7. The van der Waals surface area contributed by atoms with E-state index in [0.29, 0.717) is 25.4 Å². The van der Waals surface area contributed by atoms with Crippen LogP contribution in [0.25, 0.3) is 0 Å². The van der Waals surface area contributed by atoms with E-state index in [4.69, 9.17) is 16.3 Å². The average molecular weight is 599 g/mol. The molecule has 1 amide bonds. The molecule has 2 aliphatic heterocycles. The number of amides is 1. The Kier molecular flexibility index (Phi) is 7.62. The minimum absolute atomic E-state index is 0.0730. The van der Waals surface area contributed by atoms with Gasteiger partial charge < -0.3 is 14.7 Å². The summed E-state index contributed by atoms with van der Waals surface area (Å²) >= 11 is 6.38. The molecule has 41 heavy (non-hydrogen) atoms. The molecule has 6 atom stereocenters. The van der Waals surface area contributed by atoms with Crippen molar-refractivity contribution in [1.29, 1.82) is 0 Å². The van der Waals surface area contributed by atoms with Gasteiger partial charge in [0.2, 0.25) is 10.0 Å². The molecule has 2 bridgehead atoms.